The van der Waals surface area contributed by atoms with Crippen molar-refractivity contribution >= 4 is 23.1 Å². The third kappa shape index (κ3) is 2.63. The van der Waals surface area contributed by atoms with Crippen molar-refractivity contribution in [1.29, 1.82) is 0 Å². The number of carbonyl (C=O) groups is 1. The van der Waals surface area contributed by atoms with Gasteiger partial charge in [0.25, 0.3) is 0 Å². The summed E-state index contributed by atoms with van der Waals surface area (Å²) in [5, 5.41) is 0. The Morgan fingerprint density at radius 2 is 2.15 bits per heavy atom. The van der Waals surface area contributed by atoms with Gasteiger partial charge in [-0.1, -0.05) is 30.4 Å². The van der Waals surface area contributed by atoms with Gasteiger partial charge in [0.05, 0.1) is 4.99 Å². The molecule has 1 fully saturated rings. The van der Waals surface area contributed by atoms with Gasteiger partial charge in [-0.05, 0) is 18.9 Å². The van der Waals surface area contributed by atoms with E-state index in [2.05, 4.69) is 0 Å². The first-order valence-corrected chi connectivity index (χ1v) is 7.38. The number of thiocarbonyl (C=S) groups is 1. The van der Waals surface area contributed by atoms with Crippen LogP contribution in [-0.2, 0) is 4.79 Å². The predicted octanol–water partition coefficient (Wildman–Crippen LogP) is 1.83. The molecule has 0 spiro atoms. The van der Waals surface area contributed by atoms with Gasteiger partial charge in [-0.15, -0.1) is 0 Å². The van der Waals surface area contributed by atoms with Crippen molar-refractivity contribution in [3.8, 4) is 5.75 Å². The summed E-state index contributed by atoms with van der Waals surface area (Å²) in [7, 11) is 0. The second-order valence-corrected chi connectivity index (χ2v) is 5.90. The van der Waals surface area contributed by atoms with Gasteiger partial charge in [0, 0.05) is 24.6 Å². The number of carbonyl (C=O) groups excluding carboxylic acids is 1. The van der Waals surface area contributed by atoms with Gasteiger partial charge in [-0.25, -0.2) is 0 Å². The molecule has 4 nitrogen and oxygen atoms in total. The smallest absolute Gasteiger partial charge is 0.233 e. The highest BCUT2D eigenvalue weighted by molar-refractivity contribution is 7.80. The fourth-order valence-corrected chi connectivity index (χ4v) is 2.75. The number of hydrogen-bond acceptors (Lipinski definition) is 3. The van der Waals surface area contributed by atoms with E-state index < -0.39 is 0 Å². The summed E-state index contributed by atoms with van der Waals surface area (Å²) in [6, 6.07) is 8.13. The second kappa shape index (κ2) is 5.40. The maximum Gasteiger partial charge on any atom is 0.233 e. The molecule has 3 rings (SSSR count). The second-order valence-electron chi connectivity index (χ2n) is 5.38. The number of fused-ring (bicyclic) bond motifs is 1. The first-order valence-electron chi connectivity index (χ1n) is 6.97. The van der Waals surface area contributed by atoms with Crippen molar-refractivity contribution in [2.75, 3.05) is 13.2 Å². The molecule has 0 aromatic heterocycles. The Morgan fingerprint density at radius 3 is 2.85 bits per heavy atom. The van der Waals surface area contributed by atoms with Crippen molar-refractivity contribution < 1.29 is 9.53 Å². The minimum atomic E-state index is -0.182. The lowest BCUT2D eigenvalue weighted by Gasteiger charge is -2.25. The van der Waals surface area contributed by atoms with Crippen LogP contribution in [0.2, 0.25) is 0 Å². The SMILES string of the molecule is NC(=S)CCN(C(=O)C1COc2ccccc21)C1CC1. The van der Waals surface area contributed by atoms with E-state index in [4.69, 9.17) is 22.7 Å². The number of amides is 1. The highest BCUT2D eigenvalue weighted by atomic mass is 32.1. The number of para-hydroxylation sites is 1. The first kappa shape index (κ1) is 13.4. The van der Waals surface area contributed by atoms with Gasteiger partial charge in [-0.2, -0.15) is 0 Å². The van der Waals surface area contributed by atoms with Crippen LogP contribution >= 0.6 is 12.2 Å². The van der Waals surface area contributed by atoms with Crippen molar-refractivity contribution in [1.82, 2.24) is 4.90 Å². The van der Waals surface area contributed by atoms with E-state index in [0.717, 1.165) is 24.2 Å². The van der Waals surface area contributed by atoms with E-state index in [9.17, 15) is 4.79 Å². The average molecular weight is 290 g/mol. The summed E-state index contributed by atoms with van der Waals surface area (Å²) in [4.78, 5) is 15.2. The molecule has 0 bridgehead atoms. The maximum absolute atomic E-state index is 12.8. The van der Waals surface area contributed by atoms with Crippen LogP contribution in [0.1, 0.15) is 30.7 Å². The Bertz CT molecular complexity index is 542. The quantitative estimate of drug-likeness (QED) is 0.841. The molecule has 1 aliphatic carbocycles. The van der Waals surface area contributed by atoms with Gasteiger partial charge < -0.3 is 15.4 Å². The normalized spacial score (nSPS) is 20.1. The molecule has 20 heavy (non-hydrogen) atoms. The molecule has 1 aromatic rings. The van der Waals surface area contributed by atoms with E-state index in [1.54, 1.807) is 0 Å². The molecule has 1 heterocycles. The van der Waals surface area contributed by atoms with Gasteiger partial charge in [0.2, 0.25) is 5.91 Å². The lowest BCUT2D eigenvalue weighted by atomic mass is 9.99. The molecular formula is C15H18N2O2S. The molecule has 1 amide bonds. The van der Waals surface area contributed by atoms with Gasteiger partial charge >= 0.3 is 0 Å². The van der Waals surface area contributed by atoms with E-state index in [-0.39, 0.29) is 11.8 Å². The van der Waals surface area contributed by atoms with Crippen LogP contribution in [0.3, 0.4) is 0 Å². The summed E-state index contributed by atoms with van der Waals surface area (Å²) in [6.45, 7) is 1.06. The molecule has 1 saturated carbocycles. The van der Waals surface area contributed by atoms with Crippen LogP contribution in [0.4, 0.5) is 0 Å². The zero-order chi connectivity index (χ0) is 14.1. The number of nitrogens with zero attached hydrogens (tertiary/aromatic N) is 1. The van der Waals surface area contributed by atoms with Gasteiger partial charge in [0.1, 0.15) is 18.3 Å². The molecule has 1 unspecified atom stereocenters. The van der Waals surface area contributed by atoms with Crippen LogP contribution in [0.25, 0.3) is 0 Å². The molecule has 1 aliphatic heterocycles. The van der Waals surface area contributed by atoms with E-state index in [0.29, 0.717) is 30.6 Å². The van der Waals surface area contributed by atoms with Crippen molar-refractivity contribution in [2.24, 2.45) is 5.73 Å². The van der Waals surface area contributed by atoms with Crippen molar-refractivity contribution in [3.63, 3.8) is 0 Å². The number of hydrogen-bond donors (Lipinski definition) is 1. The monoisotopic (exact) mass is 290 g/mol. The third-order valence-corrected chi connectivity index (χ3v) is 4.07. The summed E-state index contributed by atoms with van der Waals surface area (Å²) >= 11 is 4.92. The van der Waals surface area contributed by atoms with Gasteiger partial charge in [0.15, 0.2) is 0 Å². The Morgan fingerprint density at radius 1 is 1.40 bits per heavy atom. The van der Waals surface area contributed by atoms with Crippen LogP contribution < -0.4 is 10.5 Å². The van der Waals surface area contributed by atoms with Gasteiger partial charge in [-0.3, -0.25) is 4.79 Å². The predicted molar refractivity (Wildman–Crippen MR) is 80.8 cm³/mol. The standard InChI is InChI=1S/C15H18N2O2S/c16-14(20)7-8-17(10-5-6-10)15(18)12-9-19-13-4-2-1-3-11(12)13/h1-4,10,12H,5-9H2,(H2,16,20). The van der Waals surface area contributed by atoms with E-state index in [1.807, 2.05) is 29.2 Å². The number of ether oxygens (including phenoxy) is 1. The molecule has 5 heteroatoms. The molecule has 0 radical (unpaired) electrons. The molecular weight excluding hydrogens is 272 g/mol. The molecule has 1 atom stereocenters. The summed E-state index contributed by atoms with van der Waals surface area (Å²) < 4.78 is 5.61. The van der Waals surface area contributed by atoms with E-state index in [1.165, 1.54) is 0 Å². The molecule has 1 aromatic carbocycles. The number of benzene rings is 1. The Kier molecular flexibility index (Phi) is 3.61. The fraction of sp³-hybridized carbons (Fsp3) is 0.467. The number of rotatable bonds is 5. The molecule has 0 saturated heterocycles. The van der Waals surface area contributed by atoms with Crippen molar-refractivity contribution in [2.45, 2.75) is 31.2 Å². The summed E-state index contributed by atoms with van der Waals surface area (Å²) in [5.74, 6) is 0.794. The minimum absolute atomic E-state index is 0.147. The van der Waals surface area contributed by atoms with Crippen LogP contribution in [-0.4, -0.2) is 35.0 Å². The molecule has 106 valence electrons. The highest BCUT2D eigenvalue weighted by Crippen LogP contribution is 2.37. The Labute approximate surface area is 123 Å². The Balaban J connectivity index is 1.75. The third-order valence-electron chi connectivity index (χ3n) is 3.87. The topological polar surface area (TPSA) is 55.6 Å². The first-order chi connectivity index (χ1) is 9.66. The minimum Gasteiger partial charge on any atom is -0.492 e. The largest absolute Gasteiger partial charge is 0.492 e. The summed E-state index contributed by atoms with van der Waals surface area (Å²) in [6.07, 6.45) is 2.75. The fourth-order valence-electron chi connectivity index (χ4n) is 2.66. The highest BCUT2D eigenvalue weighted by Gasteiger charge is 2.39. The molecule has 2 N–H and O–H groups in total. The lowest BCUT2D eigenvalue weighted by molar-refractivity contribution is -0.133. The van der Waals surface area contributed by atoms with Crippen LogP contribution in [0.15, 0.2) is 24.3 Å². The average Bonchev–Trinajstić information content (AvgIpc) is 3.17. The van der Waals surface area contributed by atoms with E-state index >= 15 is 0 Å². The Hall–Kier alpha value is -1.62. The van der Waals surface area contributed by atoms with Crippen LogP contribution in [0, 0.1) is 0 Å². The maximum atomic E-state index is 12.8. The number of nitrogens with two attached hydrogens (primary N) is 1. The van der Waals surface area contributed by atoms with Crippen molar-refractivity contribution in [3.05, 3.63) is 29.8 Å². The van der Waals surface area contributed by atoms with Crippen LogP contribution in [0.5, 0.6) is 5.75 Å². The zero-order valence-electron chi connectivity index (χ0n) is 11.2. The lowest BCUT2D eigenvalue weighted by Crippen LogP contribution is -2.39. The summed E-state index contributed by atoms with van der Waals surface area (Å²) in [5.41, 5.74) is 6.56. The zero-order valence-corrected chi connectivity index (χ0v) is 12.1. The molecule has 2 aliphatic rings.